The molecular formula is C22H25N3O2. The standard InChI is InChI=1S/C22H25N3O2/c26-21(24-15-16-6-5-12-23-14-16)18-8-2-3-9-19(18)22(27)25-13-11-17-7-1-4-10-20(17)25/h1,4-7,10,12,14,18-19H,2-3,8-9,11,13,15H2,(H,24,26)/t18-,19+/m1/s1. The number of anilines is 1. The van der Waals surface area contributed by atoms with Gasteiger partial charge in [-0.1, -0.05) is 37.1 Å². The van der Waals surface area contributed by atoms with Crippen molar-refractivity contribution in [3.05, 3.63) is 59.9 Å². The molecule has 0 bridgehead atoms. The van der Waals surface area contributed by atoms with Gasteiger partial charge in [0.25, 0.3) is 0 Å². The third-order valence-electron chi connectivity index (χ3n) is 5.76. The smallest absolute Gasteiger partial charge is 0.230 e. The molecule has 140 valence electrons. The monoisotopic (exact) mass is 363 g/mol. The highest BCUT2D eigenvalue weighted by atomic mass is 16.2. The van der Waals surface area contributed by atoms with E-state index in [0.29, 0.717) is 6.54 Å². The molecule has 1 N–H and O–H groups in total. The average molecular weight is 363 g/mol. The molecule has 1 fully saturated rings. The summed E-state index contributed by atoms with van der Waals surface area (Å²) in [5.41, 5.74) is 3.21. The SMILES string of the molecule is O=C(NCc1cccnc1)[C@@H]1CCCC[C@@H]1C(=O)N1CCc2ccccc21. The lowest BCUT2D eigenvalue weighted by Gasteiger charge is -2.32. The quantitative estimate of drug-likeness (QED) is 0.908. The van der Waals surface area contributed by atoms with E-state index in [9.17, 15) is 9.59 Å². The molecule has 4 rings (SSSR count). The van der Waals surface area contributed by atoms with Crippen LogP contribution in [0.3, 0.4) is 0 Å². The van der Waals surface area contributed by atoms with Crippen molar-refractivity contribution in [2.45, 2.75) is 38.6 Å². The van der Waals surface area contributed by atoms with Crippen LogP contribution in [0.1, 0.15) is 36.8 Å². The molecule has 2 amide bonds. The van der Waals surface area contributed by atoms with Crippen LogP contribution in [0.2, 0.25) is 0 Å². The fourth-order valence-electron chi connectivity index (χ4n) is 4.33. The van der Waals surface area contributed by atoms with Crippen LogP contribution in [0.15, 0.2) is 48.8 Å². The third kappa shape index (κ3) is 3.72. The molecule has 5 heteroatoms. The highest BCUT2D eigenvalue weighted by Crippen LogP contribution is 2.35. The summed E-state index contributed by atoms with van der Waals surface area (Å²) in [5.74, 6) is -0.361. The molecule has 1 saturated carbocycles. The van der Waals surface area contributed by atoms with E-state index in [1.807, 2.05) is 35.2 Å². The van der Waals surface area contributed by atoms with E-state index in [-0.39, 0.29) is 23.7 Å². The number of aromatic nitrogens is 1. The zero-order valence-corrected chi connectivity index (χ0v) is 15.4. The first-order valence-electron chi connectivity index (χ1n) is 9.80. The molecule has 2 atom stereocenters. The zero-order valence-electron chi connectivity index (χ0n) is 15.4. The van der Waals surface area contributed by atoms with Crippen molar-refractivity contribution in [1.29, 1.82) is 0 Å². The molecule has 1 aromatic carbocycles. The van der Waals surface area contributed by atoms with Crippen LogP contribution in [0.25, 0.3) is 0 Å². The summed E-state index contributed by atoms with van der Waals surface area (Å²) in [7, 11) is 0. The van der Waals surface area contributed by atoms with E-state index in [2.05, 4.69) is 16.4 Å². The van der Waals surface area contributed by atoms with Crippen molar-refractivity contribution in [2.24, 2.45) is 11.8 Å². The highest BCUT2D eigenvalue weighted by Gasteiger charge is 2.39. The van der Waals surface area contributed by atoms with Gasteiger partial charge in [-0.05, 0) is 42.5 Å². The van der Waals surface area contributed by atoms with Gasteiger partial charge in [-0.15, -0.1) is 0 Å². The summed E-state index contributed by atoms with van der Waals surface area (Å²) in [6.07, 6.45) is 7.96. The summed E-state index contributed by atoms with van der Waals surface area (Å²) in [6, 6.07) is 11.9. The summed E-state index contributed by atoms with van der Waals surface area (Å²) >= 11 is 0. The Kier molecular flexibility index (Phi) is 5.19. The summed E-state index contributed by atoms with van der Waals surface area (Å²) in [6.45, 7) is 1.18. The maximum atomic E-state index is 13.3. The van der Waals surface area contributed by atoms with Gasteiger partial charge < -0.3 is 10.2 Å². The van der Waals surface area contributed by atoms with Gasteiger partial charge in [0, 0.05) is 37.1 Å². The summed E-state index contributed by atoms with van der Waals surface area (Å²) < 4.78 is 0. The number of fused-ring (bicyclic) bond motifs is 1. The van der Waals surface area contributed by atoms with Crippen molar-refractivity contribution in [2.75, 3.05) is 11.4 Å². The lowest BCUT2D eigenvalue weighted by Crippen LogP contribution is -2.45. The first-order valence-corrected chi connectivity index (χ1v) is 9.80. The molecule has 1 aromatic heterocycles. The van der Waals surface area contributed by atoms with Crippen LogP contribution in [0.4, 0.5) is 5.69 Å². The Labute approximate surface area is 159 Å². The van der Waals surface area contributed by atoms with Crippen molar-refractivity contribution in [3.8, 4) is 0 Å². The van der Waals surface area contributed by atoms with Crippen LogP contribution in [-0.4, -0.2) is 23.3 Å². The number of rotatable bonds is 4. The lowest BCUT2D eigenvalue weighted by molar-refractivity contribution is -0.135. The molecule has 1 aliphatic heterocycles. The van der Waals surface area contributed by atoms with Gasteiger partial charge in [-0.2, -0.15) is 0 Å². The number of hydrogen-bond acceptors (Lipinski definition) is 3. The van der Waals surface area contributed by atoms with Crippen LogP contribution in [0, 0.1) is 11.8 Å². The van der Waals surface area contributed by atoms with Crippen molar-refractivity contribution >= 4 is 17.5 Å². The van der Waals surface area contributed by atoms with Gasteiger partial charge in [0.15, 0.2) is 0 Å². The Morgan fingerprint density at radius 3 is 2.70 bits per heavy atom. The number of amides is 2. The summed E-state index contributed by atoms with van der Waals surface area (Å²) in [5, 5.41) is 3.01. The molecule has 0 saturated heterocycles. The molecular weight excluding hydrogens is 338 g/mol. The third-order valence-corrected chi connectivity index (χ3v) is 5.76. The normalized spacial score (nSPS) is 21.6. The number of carbonyl (C=O) groups is 2. The molecule has 27 heavy (non-hydrogen) atoms. The largest absolute Gasteiger partial charge is 0.352 e. The van der Waals surface area contributed by atoms with Gasteiger partial charge in [-0.3, -0.25) is 14.6 Å². The fraction of sp³-hybridized carbons (Fsp3) is 0.409. The maximum Gasteiger partial charge on any atom is 0.230 e. The molecule has 0 spiro atoms. The predicted molar refractivity (Wildman–Crippen MR) is 104 cm³/mol. The molecule has 1 aliphatic carbocycles. The van der Waals surface area contributed by atoms with Crippen LogP contribution < -0.4 is 10.2 Å². The lowest BCUT2D eigenvalue weighted by atomic mass is 9.77. The second-order valence-corrected chi connectivity index (χ2v) is 7.45. The Bertz CT molecular complexity index is 821. The van der Waals surface area contributed by atoms with Gasteiger partial charge in [-0.25, -0.2) is 0 Å². The topological polar surface area (TPSA) is 62.3 Å². The number of nitrogens with zero attached hydrogens (tertiary/aromatic N) is 2. The van der Waals surface area contributed by atoms with E-state index in [1.54, 1.807) is 12.4 Å². The molecule has 2 heterocycles. The van der Waals surface area contributed by atoms with Crippen LogP contribution in [-0.2, 0) is 22.6 Å². The molecule has 2 aliphatic rings. The molecule has 0 unspecified atom stereocenters. The highest BCUT2D eigenvalue weighted by molar-refractivity contribution is 5.99. The minimum absolute atomic E-state index is 0.00983. The minimum Gasteiger partial charge on any atom is -0.352 e. The van der Waals surface area contributed by atoms with E-state index < -0.39 is 0 Å². The van der Waals surface area contributed by atoms with E-state index >= 15 is 0 Å². The van der Waals surface area contributed by atoms with Crippen LogP contribution in [0.5, 0.6) is 0 Å². The molecule has 2 aromatic rings. The van der Waals surface area contributed by atoms with Gasteiger partial charge >= 0.3 is 0 Å². The van der Waals surface area contributed by atoms with Crippen molar-refractivity contribution in [3.63, 3.8) is 0 Å². The summed E-state index contributed by atoms with van der Waals surface area (Å²) in [4.78, 5) is 32.1. The Morgan fingerprint density at radius 2 is 1.89 bits per heavy atom. The van der Waals surface area contributed by atoms with Crippen molar-refractivity contribution < 1.29 is 9.59 Å². The first kappa shape index (κ1) is 17.7. The Hall–Kier alpha value is -2.69. The van der Waals surface area contributed by atoms with E-state index in [0.717, 1.165) is 49.9 Å². The number of para-hydroxylation sites is 1. The molecule has 5 nitrogen and oxygen atoms in total. The second kappa shape index (κ2) is 7.91. The second-order valence-electron chi connectivity index (χ2n) is 7.45. The number of carbonyl (C=O) groups excluding carboxylic acids is 2. The van der Waals surface area contributed by atoms with Gasteiger partial charge in [0.1, 0.15) is 0 Å². The Balaban J connectivity index is 1.46. The number of nitrogens with one attached hydrogen (secondary N) is 1. The minimum atomic E-state index is -0.240. The molecule has 0 radical (unpaired) electrons. The fourth-order valence-corrected chi connectivity index (χ4v) is 4.33. The number of benzene rings is 1. The Morgan fingerprint density at radius 1 is 1.07 bits per heavy atom. The maximum absolute atomic E-state index is 13.3. The van der Waals surface area contributed by atoms with Gasteiger partial charge in [0.2, 0.25) is 11.8 Å². The zero-order chi connectivity index (χ0) is 18.6. The number of hydrogen-bond donors (Lipinski definition) is 1. The predicted octanol–water partition coefficient (Wildman–Crippen LogP) is 3.09. The van der Waals surface area contributed by atoms with E-state index in [4.69, 9.17) is 0 Å². The van der Waals surface area contributed by atoms with Gasteiger partial charge in [0.05, 0.1) is 5.92 Å². The van der Waals surface area contributed by atoms with Crippen LogP contribution >= 0.6 is 0 Å². The first-order chi connectivity index (χ1) is 13.2. The van der Waals surface area contributed by atoms with E-state index in [1.165, 1.54) is 5.56 Å². The average Bonchev–Trinajstić information content (AvgIpc) is 3.16. The number of pyridine rings is 1. The van der Waals surface area contributed by atoms with Crippen molar-refractivity contribution in [1.82, 2.24) is 10.3 Å².